The normalized spacial score (nSPS) is 17.4. The average Bonchev–Trinajstić information content (AvgIpc) is 3.03. The molecular weight excluding hydrogens is 328 g/mol. The van der Waals surface area contributed by atoms with Crippen molar-refractivity contribution < 1.29 is 14.7 Å². The number of carboxylic acid groups (broad SMARTS) is 1. The Morgan fingerprint density at radius 1 is 1.17 bits per heavy atom. The summed E-state index contributed by atoms with van der Waals surface area (Å²) in [7, 11) is 0. The molecule has 6 heteroatoms. The van der Waals surface area contributed by atoms with Crippen LogP contribution in [0.3, 0.4) is 0 Å². The van der Waals surface area contributed by atoms with E-state index in [-0.39, 0.29) is 24.2 Å². The van der Waals surface area contributed by atoms with Gasteiger partial charge in [-0.1, -0.05) is 36.4 Å². The van der Waals surface area contributed by atoms with Crippen molar-refractivity contribution >= 4 is 40.7 Å². The van der Waals surface area contributed by atoms with Crippen molar-refractivity contribution in [2.75, 3.05) is 25.0 Å². The molecule has 3 rings (SSSR count). The minimum atomic E-state index is -0.743. The molecule has 0 saturated carbocycles. The Labute approximate surface area is 147 Å². The average molecular weight is 349 g/mol. The maximum absolute atomic E-state index is 12.2. The summed E-state index contributed by atoms with van der Waals surface area (Å²) >= 11 is 0. The molecule has 0 radical (unpaired) electrons. The number of likely N-dealkylation sites (tertiary alicyclic amines) is 1. The van der Waals surface area contributed by atoms with E-state index in [0.717, 1.165) is 23.0 Å². The number of rotatable bonds is 5. The number of fused-ring (bicyclic) bond motifs is 1. The van der Waals surface area contributed by atoms with Gasteiger partial charge in [0.2, 0.25) is 5.91 Å². The number of benzene rings is 2. The van der Waals surface area contributed by atoms with Crippen LogP contribution in [-0.2, 0) is 9.59 Å². The Balaban J connectivity index is 0.00000208. The predicted octanol–water partition coefficient (Wildman–Crippen LogP) is 3.00. The van der Waals surface area contributed by atoms with Crippen LogP contribution in [-0.4, -0.2) is 41.5 Å². The molecule has 24 heavy (non-hydrogen) atoms. The molecule has 2 N–H and O–H groups in total. The summed E-state index contributed by atoms with van der Waals surface area (Å²) in [5, 5.41) is 14.1. The number of anilines is 1. The summed E-state index contributed by atoms with van der Waals surface area (Å²) in [6, 6.07) is 13.8. The number of halogens is 1. The molecule has 1 atom stereocenters. The summed E-state index contributed by atoms with van der Waals surface area (Å²) in [6.45, 7) is 1.88. The van der Waals surface area contributed by atoms with Gasteiger partial charge < -0.3 is 15.3 Å². The number of nitrogens with zero attached hydrogens (tertiary/aromatic N) is 1. The van der Waals surface area contributed by atoms with E-state index in [1.807, 2.05) is 47.4 Å². The van der Waals surface area contributed by atoms with Gasteiger partial charge in [0.25, 0.3) is 0 Å². The van der Waals surface area contributed by atoms with Crippen molar-refractivity contribution in [2.24, 2.45) is 5.92 Å². The molecule has 1 saturated heterocycles. The Morgan fingerprint density at radius 2 is 1.92 bits per heavy atom. The first kappa shape index (κ1) is 18.2. The SMILES string of the molecule is Cl.O=C(CCN1CCC(C(=O)O)C1)Nc1cccc2ccccc12. The van der Waals surface area contributed by atoms with Crippen molar-refractivity contribution in [1.29, 1.82) is 0 Å². The van der Waals surface area contributed by atoms with Gasteiger partial charge in [-0.05, 0) is 24.4 Å². The molecule has 0 spiro atoms. The van der Waals surface area contributed by atoms with Crippen molar-refractivity contribution in [3.63, 3.8) is 0 Å². The molecule has 5 nitrogen and oxygen atoms in total. The standard InChI is InChI=1S/C18H20N2O3.ClH/c21-17(9-11-20-10-8-14(12-20)18(22)23)19-16-7-3-5-13-4-1-2-6-15(13)16;/h1-7,14H,8-12H2,(H,19,21)(H,22,23);1H. The van der Waals surface area contributed by atoms with Gasteiger partial charge in [0.05, 0.1) is 5.92 Å². The fourth-order valence-electron chi connectivity index (χ4n) is 3.04. The number of hydrogen-bond donors (Lipinski definition) is 2. The third kappa shape index (κ3) is 4.24. The molecule has 2 aromatic carbocycles. The third-order valence-electron chi connectivity index (χ3n) is 4.34. The zero-order valence-electron chi connectivity index (χ0n) is 13.3. The Kier molecular flexibility index (Phi) is 6.17. The smallest absolute Gasteiger partial charge is 0.307 e. The maximum atomic E-state index is 12.2. The Bertz CT molecular complexity index is 730. The van der Waals surface area contributed by atoms with E-state index < -0.39 is 5.97 Å². The lowest BCUT2D eigenvalue weighted by atomic mass is 10.1. The van der Waals surface area contributed by atoms with Gasteiger partial charge in [0.15, 0.2) is 0 Å². The Morgan fingerprint density at radius 3 is 2.67 bits per heavy atom. The molecule has 1 aliphatic heterocycles. The van der Waals surface area contributed by atoms with Gasteiger partial charge in [0, 0.05) is 30.6 Å². The highest BCUT2D eigenvalue weighted by Crippen LogP contribution is 2.23. The van der Waals surface area contributed by atoms with Crippen LogP contribution in [0.1, 0.15) is 12.8 Å². The molecule has 1 aliphatic rings. The fourth-order valence-corrected chi connectivity index (χ4v) is 3.04. The van der Waals surface area contributed by atoms with E-state index in [9.17, 15) is 9.59 Å². The number of nitrogens with one attached hydrogen (secondary N) is 1. The van der Waals surface area contributed by atoms with E-state index in [1.54, 1.807) is 0 Å². The first-order valence-electron chi connectivity index (χ1n) is 7.86. The van der Waals surface area contributed by atoms with E-state index in [4.69, 9.17) is 5.11 Å². The second-order valence-electron chi connectivity index (χ2n) is 5.95. The minimum absolute atomic E-state index is 0. The summed E-state index contributed by atoms with van der Waals surface area (Å²) in [5.41, 5.74) is 0.818. The van der Waals surface area contributed by atoms with Crippen LogP contribution in [0.15, 0.2) is 42.5 Å². The molecule has 0 aliphatic carbocycles. The minimum Gasteiger partial charge on any atom is -0.481 e. The van der Waals surface area contributed by atoms with Gasteiger partial charge in [-0.25, -0.2) is 0 Å². The van der Waals surface area contributed by atoms with Gasteiger partial charge in [0.1, 0.15) is 0 Å². The van der Waals surface area contributed by atoms with Gasteiger partial charge in [-0.2, -0.15) is 0 Å². The third-order valence-corrected chi connectivity index (χ3v) is 4.34. The van der Waals surface area contributed by atoms with Gasteiger partial charge >= 0.3 is 5.97 Å². The molecule has 128 valence electrons. The molecule has 1 amide bonds. The van der Waals surface area contributed by atoms with Crippen LogP contribution < -0.4 is 5.32 Å². The zero-order chi connectivity index (χ0) is 16.2. The van der Waals surface area contributed by atoms with E-state index >= 15 is 0 Å². The van der Waals surface area contributed by atoms with E-state index in [2.05, 4.69) is 5.32 Å². The highest BCUT2D eigenvalue weighted by Gasteiger charge is 2.27. The van der Waals surface area contributed by atoms with Crippen LogP contribution >= 0.6 is 12.4 Å². The second kappa shape index (κ2) is 8.13. The predicted molar refractivity (Wildman–Crippen MR) is 96.6 cm³/mol. The lowest BCUT2D eigenvalue weighted by Gasteiger charge is -2.15. The Hall–Kier alpha value is -2.11. The van der Waals surface area contributed by atoms with Crippen LogP contribution in [0.25, 0.3) is 10.8 Å². The van der Waals surface area contributed by atoms with Gasteiger partial charge in [-0.3, -0.25) is 9.59 Å². The van der Waals surface area contributed by atoms with Crippen LogP contribution in [0, 0.1) is 5.92 Å². The largest absolute Gasteiger partial charge is 0.481 e. The number of carbonyl (C=O) groups is 2. The van der Waals surface area contributed by atoms with Crippen LogP contribution in [0.4, 0.5) is 5.69 Å². The number of carboxylic acids is 1. The lowest BCUT2D eigenvalue weighted by Crippen LogP contribution is -2.27. The second-order valence-corrected chi connectivity index (χ2v) is 5.95. The summed E-state index contributed by atoms with van der Waals surface area (Å²) in [6.07, 6.45) is 1.04. The quantitative estimate of drug-likeness (QED) is 0.871. The van der Waals surface area contributed by atoms with Crippen LogP contribution in [0.5, 0.6) is 0 Å². The highest BCUT2D eigenvalue weighted by molar-refractivity contribution is 6.02. The first-order chi connectivity index (χ1) is 11.1. The monoisotopic (exact) mass is 348 g/mol. The summed E-state index contributed by atoms with van der Waals surface area (Å²) in [5.74, 6) is -1.08. The summed E-state index contributed by atoms with van der Waals surface area (Å²) < 4.78 is 0. The number of hydrogen-bond acceptors (Lipinski definition) is 3. The number of amides is 1. The fraction of sp³-hybridized carbons (Fsp3) is 0.333. The van der Waals surface area contributed by atoms with Gasteiger partial charge in [-0.15, -0.1) is 12.4 Å². The molecule has 1 fully saturated rings. The molecular formula is C18H21ClN2O3. The van der Waals surface area contributed by atoms with E-state index in [1.165, 1.54) is 0 Å². The molecule has 0 aromatic heterocycles. The zero-order valence-corrected chi connectivity index (χ0v) is 14.1. The van der Waals surface area contributed by atoms with Crippen molar-refractivity contribution in [2.45, 2.75) is 12.8 Å². The van der Waals surface area contributed by atoms with Crippen molar-refractivity contribution in [3.8, 4) is 0 Å². The maximum Gasteiger partial charge on any atom is 0.307 e. The molecule has 1 heterocycles. The number of aliphatic carboxylic acids is 1. The summed E-state index contributed by atoms with van der Waals surface area (Å²) in [4.78, 5) is 25.2. The molecule has 2 aromatic rings. The van der Waals surface area contributed by atoms with Crippen molar-refractivity contribution in [1.82, 2.24) is 4.90 Å². The first-order valence-corrected chi connectivity index (χ1v) is 7.86. The topological polar surface area (TPSA) is 69.6 Å². The molecule has 0 bridgehead atoms. The highest BCUT2D eigenvalue weighted by atomic mass is 35.5. The lowest BCUT2D eigenvalue weighted by molar-refractivity contribution is -0.141. The molecule has 1 unspecified atom stereocenters. The number of carbonyl (C=O) groups excluding carboxylic acids is 1. The van der Waals surface area contributed by atoms with Crippen molar-refractivity contribution in [3.05, 3.63) is 42.5 Å². The van der Waals surface area contributed by atoms with Crippen LogP contribution in [0.2, 0.25) is 0 Å². The van der Waals surface area contributed by atoms with E-state index in [0.29, 0.717) is 25.9 Å².